The SMILES string of the molecule is O=C(Nc1ccco1)Nc1cccnc1Cl. The lowest BCUT2D eigenvalue weighted by atomic mass is 10.4. The Kier molecular flexibility index (Phi) is 3.07. The van der Waals surface area contributed by atoms with Crippen molar-refractivity contribution in [1.29, 1.82) is 0 Å². The standard InChI is InChI=1S/C10H8ClN3O2/c11-9-7(3-1-5-12-9)13-10(15)14-8-4-2-6-16-8/h1-6H,(H2,13,14,15). The Hall–Kier alpha value is -2.01. The lowest BCUT2D eigenvalue weighted by molar-refractivity contribution is 0.261. The third kappa shape index (κ3) is 2.52. The first-order valence-electron chi connectivity index (χ1n) is 4.48. The molecule has 82 valence electrons. The van der Waals surface area contributed by atoms with Gasteiger partial charge in [-0.05, 0) is 18.2 Å². The second-order valence-electron chi connectivity index (χ2n) is 2.90. The second-order valence-corrected chi connectivity index (χ2v) is 3.26. The number of halogens is 1. The molecule has 0 aromatic carbocycles. The van der Waals surface area contributed by atoms with Crippen molar-refractivity contribution in [3.05, 3.63) is 41.9 Å². The smallest absolute Gasteiger partial charge is 0.326 e. The van der Waals surface area contributed by atoms with Crippen LogP contribution in [0.4, 0.5) is 16.4 Å². The number of nitrogens with one attached hydrogen (secondary N) is 2. The van der Waals surface area contributed by atoms with E-state index in [1.807, 2.05) is 0 Å². The van der Waals surface area contributed by atoms with Crippen LogP contribution in [0.5, 0.6) is 0 Å². The Morgan fingerprint density at radius 3 is 2.88 bits per heavy atom. The maximum absolute atomic E-state index is 11.5. The summed E-state index contributed by atoms with van der Waals surface area (Å²) in [6.45, 7) is 0. The molecule has 0 radical (unpaired) electrons. The lowest BCUT2D eigenvalue weighted by Gasteiger charge is -2.05. The van der Waals surface area contributed by atoms with Gasteiger partial charge in [0.2, 0.25) is 5.88 Å². The predicted octanol–water partition coefficient (Wildman–Crippen LogP) is 2.97. The number of urea groups is 1. The van der Waals surface area contributed by atoms with Gasteiger partial charge in [0.1, 0.15) is 0 Å². The third-order valence-electron chi connectivity index (χ3n) is 1.77. The van der Waals surface area contributed by atoms with Crippen LogP contribution in [0, 0.1) is 0 Å². The number of aromatic nitrogens is 1. The van der Waals surface area contributed by atoms with Crippen LogP contribution < -0.4 is 10.6 Å². The molecule has 0 aliphatic carbocycles. The molecule has 2 rings (SSSR count). The van der Waals surface area contributed by atoms with Gasteiger partial charge in [-0.1, -0.05) is 11.6 Å². The largest absolute Gasteiger partial charge is 0.449 e. The number of anilines is 2. The van der Waals surface area contributed by atoms with Crippen molar-refractivity contribution in [2.45, 2.75) is 0 Å². The van der Waals surface area contributed by atoms with Gasteiger partial charge in [0.25, 0.3) is 0 Å². The Morgan fingerprint density at radius 1 is 1.31 bits per heavy atom. The zero-order valence-corrected chi connectivity index (χ0v) is 8.86. The molecule has 0 atom stereocenters. The molecule has 2 amide bonds. The zero-order chi connectivity index (χ0) is 11.4. The molecule has 2 aromatic rings. The van der Waals surface area contributed by atoms with E-state index < -0.39 is 6.03 Å². The molecule has 2 heterocycles. The van der Waals surface area contributed by atoms with Crippen LogP contribution in [-0.4, -0.2) is 11.0 Å². The van der Waals surface area contributed by atoms with Gasteiger partial charge in [0, 0.05) is 12.3 Å². The molecule has 2 aromatic heterocycles. The molecule has 0 saturated heterocycles. The highest BCUT2D eigenvalue weighted by molar-refractivity contribution is 6.32. The first-order valence-corrected chi connectivity index (χ1v) is 4.85. The van der Waals surface area contributed by atoms with Crippen molar-refractivity contribution >= 4 is 29.2 Å². The second kappa shape index (κ2) is 4.67. The topological polar surface area (TPSA) is 67.2 Å². The minimum absolute atomic E-state index is 0.233. The van der Waals surface area contributed by atoms with Gasteiger partial charge in [-0.25, -0.2) is 9.78 Å². The van der Waals surface area contributed by atoms with Gasteiger partial charge in [-0.15, -0.1) is 0 Å². The fraction of sp³-hybridized carbons (Fsp3) is 0. The van der Waals surface area contributed by atoms with E-state index >= 15 is 0 Å². The van der Waals surface area contributed by atoms with Gasteiger partial charge in [0.05, 0.1) is 12.0 Å². The molecule has 0 aliphatic rings. The fourth-order valence-electron chi connectivity index (χ4n) is 1.09. The maximum Gasteiger partial charge on any atom is 0.326 e. The summed E-state index contributed by atoms with van der Waals surface area (Å²) in [6, 6.07) is 6.19. The average molecular weight is 238 g/mol. The summed E-state index contributed by atoms with van der Waals surface area (Å²) in [7, 11) is 0. The lowest BCUT2D eigenvalue weighted by Crippen LogP contribution is -2.19. The first kappa shape index (κ1) is 10.5. The van der Waals surface area contributed by atoms with Gasteiger partial charge in [-0.2, -0.15) is 0 Å². The van der Waals surface area contributed by atoms with Crippen LogP contribution in [0.15, 0.2) is 41.1 Å². The molecule has 0 aliphatic heterocycles. The van der Waals surface area contributed by atoms with E-state index in [0.29, 0.717) is 11.6 Å². The van der Waals surface area contributed by atoms with Crippen LogP contribution >= 0.6 is 11.6 Å². The summed E-state index contributed by atoms with van der Waals surface area (Å²) >= 11 is 5.77. The van der Waals surface area contributed by atoms with Crippen LogP contribution in [0.2, 0.25) is 5.15 Å². The number of carbonyl (C=O) groups is 1. The van der Waals surface area contributed by atoms with Crippen molar-refractivity contribution in [2.75, 3.05) is 10.6 Å². The number of nitrogens with zero attached hydrogens (tertiary/aromatic N) is 1. The number of amides is 2. The summed E-state index contributed by atoms with van der Waals surface area (Å²) in [4.78, 5) is 15.3. The number of rotatable bonds is 2. The number of carbonyl (C=O) groups excluding carboxylic acids is 1. The Morgan fingerprint density at radius 2 is 2.19 bits per heavy atom. The summed E-state index contributed by atoms with van der Waals surface area (Å²) < 4.78 is 4.95. The maximum atomic E-state index is 11.5. The van der Waals surface area contributed by atoms with E-state index in [4.69, 9.17) is 16.0 Å². The van der Waals surface area contributed by atoms with Crippen molar-refractivity contribution in [1.82, 2.24) is 4.98 Å². The molecule has 0 saturated carbocycles. The summed E-state index contributed by atoms with van der Waals surface area (Å²) in [5, 5.41) is 5.27. The third-order valence-corrected chi connectivity index (χ3v) is 2.07. The molecular formula is C10H8ClN3O2. The van der Waals surface area contributed by atoms with E-state index in [9.17, 15) is 4.79 Å². The minimum Gasteiger partial charge on any atom is -0.449 e. The molecule has 5 nitrogen and oxygen atoms in total. The molecule has 0 unspecified atom stereocenters. The molecular weight excluding hydrogens is 230 g/mol. The highest BCUT2D eigenvalue weighted by atomic mass is 35.5. The Balaban J connectivity index is 2.00. The van der Waals surface area contributed by atoms with Crippen LogP contribution in [-0.2, 0) is 0 Å². The van der Waals surface area contributed by atoms with Crippen LogP contribution in [0.25, 0.3) is 0 Å². The van der Waals surface area contributed by atoms with Crippen molar-refractivity contribution in [3.8, 4) is 0 Å². The van der Waals surface area contributed by atoms with E-state index in [1.54, 1.807) is 24.3 Å². The van der Waals surface area contributed by atoms with Gasteiger partial charge in [0.15, 0.2) is 5.15 Å². The average Bonchev–Trinajstić information content (AvgIpc) is 2.74. The molecule has 16 heavy (non-hydrogen) atoms. The Bertz CT molecular complexity index is 485. The van der Waals surface area contributed by atoms with Gasteiger partial charge < -0.3 is 9.73 Å². The normalized spacial score (nSPS) is 9.81. The molecule has 0 bridgehead atoms. The van der Waals surface area contributed by atoms with E-state index in [2.05, 4.69) is 15.6 Å². The Labute approximate surface area is 96.4 Å². The zero-order valence-electron chi connectivity index (χ0n) is 8.11. The monoisotopic (exact) mass is 237 g/mol. The van der Waals surface area contributed by atoms with Crippen molar-refractivity contribution in [3.63, 3.8) is 0 Å². The summed E-state index contributed by atoms with van der Waals surface area (Å²) in [5.74, 6) is 0.359. The molecule has 0 spiro atoms. The number of hydrogen-bond acceptors (Lipinski definition) is 3. The van der Waals surface area contributed by atoms with Crippen LogP contribution in [0.3, 0.4) is 0 Å². The first-order chi connectivity index (χ1) is 7.75. The fourth-order valence-corrected chi connectivity index (χ4v) is 1.26. The summed E-state index contributed by atoms with van der Waals surface area (Å²) in [5.41, 5.74) is 0.438. The molecule has 2 N–H and O–H groups in total. The molecule has 0 fully saturated rings. The van der Waals surface area contributed by atoms with Gasteiger partial charge in [-0.3, -0.25) is 5.32 Å². The van der Waals surface area contributed by atoms with Crippen molar-refractivity contribution < 1.29 is 9.21 Å². The minimum atomic E-state index is -0.440. The highest BCUT2D eigenvalue weighted by Gasteiger charge is 2.06. The van der Waals surface area contributed by atoms with E-state index in [0.717, 1.165) is 0 Å². The van der Waals surface area contributed by atoms with E-state index in [1.165, 1.54) is 12.5 Å². The van der Waals surface area contributed by atoms with Crippen molar-refractivity contribution in [2.24, 2.45) is 0 Å². The quantitative estimate of drug-likeness (QED) is 0.789. The molecule has 6 heteroatoms. The number of furan rings is 1. The highest BCUT2D eigenvalue weighted by Crippen LogP contribution is 2.17. The van der Waals surface area contributed by atoms with Crippen LogP contribution in [0.1, 0.15) is 0 Å². The van der Waals surface area contributed by atoms with E-state index in [-0.39, 0.29) is 5.15 Å². The number of pyridine rings is 1. The summed E-state index contributed by atoms with van der Waals surface area (Å²) in [6.07, 6.45) is 3.00. The predicted molar refractivity (Wildman–Crippen MR) is 60.6 cm³/mol. The number of hydrogen-bond donors (Lipinski definition) is 2. The van der Waals surface area contributed by atoms with Gasteiger partial charge >= 0.3 is 6.03 Å².